The molecule has 2 aliphatic carbocycles. The first kappa shape index (κ1) is 55.8. The van der Waals surface area contributed by atoms with Crippen LogP contribution in [-0.2, 0) is 41.5 Å². The molecule has 12 heteroatoms. The van der Waals surface area contributed by atoms with Crippen molar-refractivity contribution in [3.05, 3.63) is 164 Å². The fraction of sp³-hybridized carbons (Fsp3) is 0.507. The lowest BCUT2D eigenvalue weighted by Gasteiger charge is -2.45. The van der Waals surface area contributed by atoms with Crippen LogP contribution in [0.25, 0.3) is 21.8 Å². The van der Waals surface area contributed by atoms with E-state index >= 15 is 4.79 Å². The number of carbonyl (C=O) groups is 3. The van der Waals surface area contributed by atoms with Crippen molar-refractivity contribution in [2.45, 2.75) is 141 Å². The van der Waals surface area contributed by atoms with Gasteiger partial charge in [0.1, 0.15) is 5.60 Å². The lowest BCUT2D eigenvalue weighted by atomic mass is 9.67. The average molecular weight is 1070 g/mol. The van der Waals surface area contributed by atoms with Crippen LogP contribution in [0.2, 0.25) is 0 Å². The smallest absolute Gasteiger partial charge is 0.410 e. The monoisotopic (exact) mass is 1070 g/mol. The number of nitrogens with zero attached hydrogens (tertiary/aromatic N) is 5. The standard InChI is InChI=1S/C67H84N6O6/c1-66(2,47-67(35-19-8-20-36-67)64(77)73(44-56-42-54-28-16-18-30-60(54)70(4)62(56)75)46-58(49-23-11-6-12-24-49)50-31-37-68-38-32-50)79-65(78)71-39-33-51(34-40-71)57(48-21-9-5-10-22-48)45-72(63(76)52-25-13-7-14-26-52)43-55-41-53-27-15-17-29-59(53)69(3)61(55)74/h5-6,9-12,15-18,21-24,27-30,41-42,50-52,57-58,68H,7-8,13-14,19-20,25-26,31-40,43-47H2,1-4H3. The summed E-state index contributed by atoms with van der Waals surface area (Å²) in [5.41, 5.74) is 3.34. The first-order valence-electron chi connectivity index (χ1n) is 29.8. The zero-order valence-electron chi connectivity index (χ0n) is 47.4. The molecule has 2 aliphatic heterocycles. The van der Waals surface area contributed by atoms with Gasteiger partial charge in [0.25, 0.3) is 11.1 Å². The van der Waals surface area contributed by atoms with E-state index < -0.39 is 11.0 Å². The van der Waals surface area contributed by atoms with E-state index in [4.69, 9.17) is 4.74 Å². The molecule has 4 heterocycles. The predicted molar refractivity (Wildman–Crippen MR) is 315 cm³/mol. The number of nitrogens with one attached hydrogen (secondary N) is 1. The predicted octanol–water partition coefficient (Wildman–Crippen LogP) is 11.9. The van der Waals surface area contributed by atoms with E-state index in [2.05, 4.69) is 53.8 Å². The van der Waals surface area contributed by atoms with Crippen molar-refractivity contribution in [1.29, 1.82) is 0 Å². The number of carbonyl (C=O) groups excluding carboxylic acids is 3. The Morgan fingerprint density at radius 3 is 1.62 bits per heavy atom. The Bertz CT molecular complexity index is 3180. The van der Waals surface area contributed by atoms with E-state index in [0.29, 0.717) is 62.5 Å². The third-order valence-electron chi connectivity index (χ3n) is 18.7. The van der Waals surface area contributed by atoms with Gasteiger partial charge in [0.2, 0.25) is 11.8 Å². The van der Waals surface area contributed by atoms with Gasteiger partial charge in [0.15, 0.2) is 0 Å². The van der Waals surface area contributed by atoms with Crippen molar-refractivity contribution in [3.8, 4) is 0 Å². The van der Waals surface area contributed by atoms with Gasteiger partial charge in [-0.15, -0.1) is 0 Å². The lowest BCUT2D eigenvalue weighted by molar-refractivity contribution is -0.150. The normalized spacial score (nSPS) is 18.5. The molecule has 418 valence electrons. The van der Waals surface area contributed by atoms with Gasteiger partial charge in [-0.3, -0.25) is 19.2 Å². The molecule has 12 nitrogen and oxygen atoms in total. The van der Waals surface area contributed by atoms with Gasteiger partial charge in [-0.05, 0) is 136 Å². The Balaban J connectivity index is 0.880. The van der Waals surface area contributed by atoms with Gasteiger partial charge in [-0.2, -0.15) is 0 Å². The Hall–Kier alpha value is -6.53. The molecule has 2 saturated heterocycles. The van der Waals surface area contributed by atoms with Gasteiger partial charge >= 0.3 is 6.09 Å². The Morgan fingerprint density at radius 1 is 0.608 bits per heavy atom. The van der Waals surface area contributed by atoms with Crippen LogP contribution in [0.3, 0.4) is 0 Å². The highest BCUT2D eigenvalue weighted by atomic mass is 16.6. The molecule has 0 spiro atoms. The van der Waals surface area contributed by atoms with Crippen LogP contribution >= 0.6 is 0 Å². The maximum absolute atomic E-state index is 16.0. The average Bonchev–Trinajstić information content (AvgIpc) is 3.54. The second-order valence-corrected chi connectivity index (χ2v) is 24.5. The van der Waals surface area contributed by atoms with Crippen molar-refractivity contribution in [3.63, 3.8) is 0 Å². The largest absolute Gasteiger partial charge is 0.443 e. The molecule has 4 aromatic carbocycles. The third kappa shape index (κ3) is 12.8. The number of hydrogen-bond acceptors (Lipinski definition) is 7. The molecule has 1 N–H and O–H groups in total. The Labute approximate surface area is 467 Å². The topological polar surface area (TPSA) is 126 Å². The molecule has 3 amide bonds. The van der Waals surface area contributed by atoms with Crippen LogP contribution in [0.15, 0.2) is 131 Å². The maximum Gasteiger partial charge on any atom is 0.410 e. The fourth-order valence-corrected chi connectivity index (χ4v) is 14.5. The van der Waals surface area contributed by atoms with Gasteiger partial charge in [0, 0.05) is 75.6 Å². The molecule has 79 heavy (non-hydrogen) atoms. The highest BCUT2D eigenvalue weighted by molar-refractivity contribution is 5.84. The first-order valence-corrected chi connectivity index (χ1v) is 29.8. The van der Waals surface area contributed by atoms with Crippen LogP contribution in [0.1, 0.15) is 144 Å². The summed E-state index contributed by atoms with van der Waals surface area (Å²) in [6.07, 6.45) is 12.6. The molecule has 6 aromatic rings. The maximum atomic E-state index is 16.0. The summed E-state index contributed by atoms with van der Waals surface area (Å²) in [7, 11) is 3.63. The summed E-state index contributed by atoms with van der Waals surface area (Å²) in [6.45, 7) is 8.20. The highest BCUT2D eigenvalue weighted by Crippen LogP contribution is 2.47. The van der Waals surface area contributed by atoms with E-state index in [-0.39, 0.29) is 65.8 Å². The number of aromatic nitrogens is 2. The summed E-state index contributed by atoms with van der Waals surface area (Å²) in [6, 6.07) is 40.9. The van der Waals surface area contributed by atoms with E-state index in [9.17, 15) is 19.2 Å². The summed E-state index contributed by atoms with van der Waals surface area (Å²) in [4.78, 5) is 79.5. The number of benzene rings is 4. The summed E-state index contributed by atoms with van der Waals surface area (Å²) >= 11 is 0. The minimum Gasteiger partial charge on any atom is -0.443 e. The second-order valence-electron chi connectivity index (χ2n) is 24.5. The zero-order valence-corrected chi connectivity index (χ0v) is 47.4. The molecular weight excluding hydrogens is 985 g/mol. The van der Waals surface area contributed by atoms with Gasteiger partial charge in [-0.1, -0.05) is 136 Å². The molecule has 0 radical (unpaired) electrons. The Kier molecular flexibility index (Phi) is 17.6. The second kappa shape index (κ2) is 24.9. The van der Waals surface area contributed by atoms with Crippen molar-refractivity contribution in [2.24, 2.45) is 37.3 Å². The molecular formula is C67H84N6O6. The van der Waals surface area contributed by atoms with Crippen molar-refractivity contribution in [1.82, 2.24) is 29.2 Å². The minimum atomic E-state index is -0.980. The SMILES string of the molecule is Cn1c(=O)c(CN(CC(c2ccccc2)C2CCN(C(=O)OC(C)(C)CC3(C(=O)N(Cc4cc5ccccc5n(C)c4=O)CC(c4ccccc4)C4CCNCC4)CCCCC3)CC2)C(=O)C2CCCCC2)cc2ccccc21. The lowest BCUT2D eigenvalue weighted by Crippen LogP contribution is -2.51. The van der Waals surface area contributed by atoms with Gasteiger partial charge in [0.05, 0.1) is 29.5 Å². The number of ether oxygens (including phenoxy) is 1. The zero-order chi connectivity index (χ0) is 55.1. The van der Waals surface area contributed by atoms with Crippen LogP contribution in [0.5, 0.6) is 0 Å². The number of para-hydroxylation sites is 2. The van der Waals surface area contributed by atoms with Crippen molar-refractivity contribution < 1.29 is 19.1 Å². The highest BCUT2D eigenvalue weighted by Gasteiger charge is 2.48. The number of fused-ring (bicyclic) bond motifs is 2. The molecule has 2 aromatic heterocycles. The van der Waals surface area contributed by atoms with Crippen LogP contribution in [-0.4, -0.2) is 86.6 Å². The van der Waals surface area contributed by atoms with Crippen molar-refractivity contribution >= 4 is 39.7 Å². The Morgan fingerprint density at radius 2 is 1.08 bits per heavy atom. The molecule has 4 aliphatic rings. The number of pyridine rings is 2. The number of likely N-dealkylation sites (tertiary alicyclic amines) is 1. The quantitative estimate of drug-likeness (QED) is 0.0964. The third-order valence-corrected chi connectivity index (χ3v) is 18.7. The number of piperidine rings is 2. The van der Waals surface area contributed by atoms with Gasteiger partial charge in [-0.25, -0.2) is 4.79 Å². The minimum absolute atomic E-state index is 0.0149. The molecule has 2 atom stereocenters. The fourth-order valence-electron chi connectivity index (χ4n) is 14.5. The molecule has 4 fully saturated rings. The summed E-state index contributed by atoms with van der Waals surface area (Å²) in [5, 5.41) is 5.48. The number of rotatable bonds is 17. The van der Waals surface area contributed by atoms with E-state index in [1.807, 2.05) is 115 Å². The summed E-state index contributed by atoms with van der Waals surface area (Å²) in [5.74, 6) is 0.700. The van der Waals surface area contributed by atoms with Crippen LogP contribution in [0.4, 0.5) is 4.79 Å². The number of amides is 3. The van der Waals surface area contributed by atoms with Crippen LogP contribution in [0, 0.1) is 23.2 Å². The van der Waals surface area contributed by atoms with Crippen molar-refractivity contribution in [2.75, 3.05) is 39.3 Å². The number of hydrogen-bond donors (Lipinski definition) is 1. The molecule has 2 saturated carbocycles. The van der Waals surface area contributed by atoms with Crippen LogP contribution < -0.4 is 16.4 Å². The molecule has 0 bridgehead atoms. The van der Waals surface area contributed by atoms with E-state index in [0.717, 1.165) is 118 Å². The summed E-state index contributed by atoms with van der Waals surface area (Å²) < 4.78 is 10.0. The number of aryl methyl sites for hydroxylation is 2. The first-order chi connectivity index (χ1) is 38.3. The van der Waals surface area contributed by atoms with Gasteiger partial charge < -0.3 is 33.9 Å². The molecule has 10 rings (SSSR count). The van der Waals surface area contributed by atoms with E-state index in [1.54, 1.807) is 9.13 Å². The van der Waals surface area contributed by atoms with E-state index in [1.165, 1.54) is 5.56 Å². The molecule has 2 unspecified atom stereocenters.